The highest BCUT2D eigenvalue weighted by atomic mass is 16.5. The monoisotopic (exact) mass is 178 g/mol. The molecule has 0 bridgehead atoms. The van der Waals surface area contributed by atoms with Crippen molar-refractivity contribution in [1.82, 2.24) is 0 Å². The fraction of sp³-hybridized carbons (Fsp3) is 0.400. The van der Waals surface area contributed by atoms with E-state index < -0.39 is 0 Å². The smallest absolute Gasteiger partial charge is 0.144 e. The molecule has 0 aliphatic carbocycles. The molecule has 0 N–H and O–H groups in total. The number of hydrogen-bond donors (Lipinski definition) is 0. The third kappa shape index (κ3) is 2.69. The Balaban J connectivity index is 2.74. The Bertz CT molecular complexity index is 274. The molecule has 0 aliphatic rings. The Morgan fingerprint density at radius 3 is 2.77 bits per heavy atom. The van der Waals surface area contributed by atoms with Crippen LogP contribution in [0.1, 0.15) is 13.3 Å². The predicted octanol–water partition coefficient (Wildman–Crippen LogP) is 0.742. The van der Waals surface area contributed by atoms with E-state index in [1.54, 1.807) is 7.11 Å². The van der Waals surface area contributed by atoms with Crippen LogP contribution in [0.15, 0.2) is 18.2 Å². The first-order chi connectivity index (χ1) is 6.27. The van der Waals surface area contributed by atoms with Crippen LogP contribution in [0.3, 0.4) is 0 Å². The minimum Gasteiger partial charge on any atom is -0.497 e. The highest BCUT2D eigenvalue weighted by molar-refractivity contribution is 6.34. The van der Waals surface area contributed by atoms with Gasteiger partial charge in [0.2, 0.25) is 0 Å². The number of hydrogen-bond acceptors (Lipinski definition) is 2. The maximum absolute atomic E-state index is 5.47. The van der Waals surface area contributed by atoms with Gasteiger partial charge in [0.25, 0.3) is 0 Å². The van der Waals surface area contributed by atoms with Crippen LogP contribution in [0.5, 0.6) is 11.5 Å². The van der Waals surface area contributed by atoms with Gasteiger partial charge < -0.3 is 9.47 Å². The van der Waals surface area contributed by atoms with Crippen molar-refractivity contribution in [3.63, 3.8) is 0 Å². The van der Waals surface area contributed by atoms with E-state index in [9.17, 15) is 0 Å². The molecule has 0 aromatic heterocycles. The third-order valence-corrected chi connectivity index (χ3v) is 1.85. The molecule has 13 heavy (non-hydrogen) atoms. The van der Waals surface area contributed by atoms with Gasteiger partial charge in [-0.05, 0) is 17.9 Å². The van der Waals surface area contributed by atoms with Crippen LogP contribution in [0, 0.1) is 0 Å². The van der Waals surface area contributed by atoms with Crippen molar-refractivity contribution >= 4 is 13.3 Å². The van der Waals surface area contributed by atoms with Gasteiger partial charge in [-0.3, -0.25) is 0 Å². The molecule has 2 nitrogen and oxygen atoms in total. The molecular formula is C10H15BO2. The molecule has 1 aromatic carbocycles. The molecule has 70 valence electrons. The van der Waals surface area contributed by atoms with Gasteiger partial charge in [-0.2, -0.15) is 0 Å². The van der Waals surface area contributed by atoms with Crippen LogP contribution in [-0.2, 0) is 0 Å². The Morgan fingerprint density at radius 1 is 1.38 bits per heavy atom. The summed E-state index contributed by atoms with van der Waals surface area (Å²) >= 11 is 0. The van der Waals surface area contributed by atoms with Gasteiger partial charge in [-0.25, -0.2) is 0 Å². The topological polar surface area (TPSA) is 18.5 Å². The molecule has 0 radical (unpaired) electrons. The number of ether oxygens (including phenoxy) is 2. The Hall–Kier alpha value is -1.12. The van der Waals surface area contributed by atoms with Crippen molar-refractivity contribution in [2.24, 2.45) is 0 Å². The second-order valence-corrected chi connectivity index (χ2v) is 2.98. The lowest BCUT2D eigenvalue weighted by molar-refractivity contribution is 0.315. The first-order valence-electron chi connectivity index (χ1n) is 4.55. The molecule has 0 unspecified atom stereocenters. The van der Waals surface area contributed by atoms with Crippen LogP contribution in [0.2, 0.25) is 0 Å². The lowest BCUT2D eigenvalue weighted by Gasteiger charge is -2.08. The van der Waals surface area contributed by atoms with Crippen LogP contribution in [-0.4, -0.2) is 21.6 Å². The summed E-state index contributed by atoms with van der Waals surface area (Å²) in [6, 6.07) is 5.89. The number of benzene rings is 1. The van der Waals surface area contributed by atoms with Gasteiger partial charge in [0, 0.05) is 6.07 Å². The van der Waals surface area contributed by atoms with Crippen LogP contribution in [0.25, 0.3) is 0 Å². The highest BCUT2D eigenvalue weighted by Gasteiger charge is 1.99. The average molecular weight is 178 g/mol. The molecule has 3 heteroatoms. The molecule has 0 fully saturated rings. The van der Waals surface area contributed by atoms with Crippen molar-refractivity contribution in [2.75, 3.05) is 13.7 Å². The fourth-order valence-corrected chi connectivity index (χ4v) is 1.11. The minimum absolute atomic E-state index is 0.756. The van der Waals surface area contributed by atoms with Crippen LogP contribution < -0.4 is 14.9 Å². The van der Waals surface area contributed by atoms with Crippen molar-refractivity contribution < 1.29 is 9.47 Å². The summed E-state index contributed by atoms with van der Waals surface area (Å²) in [4.78, 5) is 0. The second-order valence-electron chi connectivity index (χ2n) is 2.98. The van der Waals surface area contributed by atoms with Gasteiger partial charge in [0.1, 0.15) is 19.3 Å². The fourth-order valence-electron chi connectivity index (χ4n) is 1.11. The molecule has 0 aliphatic heterocycles. The van der Waals surface area contributed by atoms with Crippen molar-refractivity contribution in [2.45, 2.75) is 13.3 Å². The summed E-state index contributed by atoms with van der Waals surface area (Å²) in [6.07, 6.45) is 1.02. The lowest BCUT2D eigenvalue weighted by atomic mass is 9.95. The predicted molar refractivity (Wildman–Crippen MR) is 57.0 cm³/mol. The Kier molecular flexibility index (Phi) is 3.68. The highest BCUT2D eigenvalue weighted by Crippen LogP contribution is 2.16. The first kappa shape index (κ1) is 9.97. The van der Waals surface area contributed by atoms with E-state index in [2.05, 4.69) is 6.92 Å². The summed E-state index contributed by atoms with van der Waals surface area (Å²) < 4.78 is 10.7. The van der Waals surface area contributed by atoms with E-state index in [1.165, 1.54) is 0 Å². The molecule has 1 rings (SSSR count). The second kappa shape index (κ2) is 4.80. The molecule has 0 saturated carbocycles. The van der Waals surface area contributed by atoms with Crippen LogP contribution in [0.4, 0.5) is 0 Å². The minimum atomic E-state index is 0.756. The van der Waals surface area contributed by atoms with Gasteiger partial charge in [-0.1, -0.05) is 13.0 Å². The van der Waals surface area contributed by atoms with E-state index in [-0.39, 0.29) is 0 Å². The molecule has 0 heterocycles. The summed E-state index contributed by atoms with van der Waals surface area (Å²) in [7, 11) is 3.69. The third-order valence-electron chi connectivity index (χ3n) is 1.85. The van der Waals surface area contributed by atoms with Gasteiger partial charge in [0.05, 0.1) is 13.7 Å². The van der Waals surface area contributed by atoms with Crippen molar-refractivity contribution in [3.05, 3.63) is 18.2 Å². The van der Waals surface area contributed by atoms with E-state index in [4.69, 9.17) is 9.47 Å². The molecule has 0 atom stereocenters. The van der Waals surface area contributed by atoms with Crippen molar-refractivity contribution in [1.29, 1.82) is 0 Å². The standard InChI is InChI=1S/C10H15BO2/c1-3-6-13-8-4-5-9(11)10(7-8)12-2/h4-5,7H,3,6,11H2,1-2H3. The summed E-state index contributed by atoms with van der Waals surface area (Å²) in [5, 5.41) is 0. The molecule has 0 spiro atoms. The number of methoxy groups -OCH3 is 1. The Morgan fingerprint density at radius 2 is 2.15 bits per heavy atom. The first-order valence-corrected chi connectivity index (χ1v) is 4.55. The van der Waals surface area contributed by atoms with E-state index in [0.29, 0.717) is 0 Å². The maximum Gasteiger partial charge on any atom is 0.144 e. The molecule has 1 aromatic rings. The zero-order chi connectivity index (χ0) is 9.68. The SMILES string of the molecule is Bc1ccc(OCCC)cc1OC. The summed E-state index contributed by atoms with van der Waals surface area (Å²) in [6.45, 7) is 2.84. The van der Waals surface area contributed by atoms with E-state index in [1.807, 2.05) is 26.0 Å². The van der Waals surface area contributed by atoms with E-state index >= 15 is 0 Å². The van der Waals surface area contributed by atoms with E-state index in [0.717, 1.165) is 30.0 Å². The lowest BCUT2D eigenvalue weighted by Crippen LogP contribution is -2.07. The van der Waals surface area contributed by atoms with Gasteiger partial charge >= 0.3 is 0 Å². The maximum atomic E-state index is 5.47. The average Bonchev–Trinajstić information content (AvgIpc) is 2.16. The molecular weight excluding hydrogens is 163 g/mol. The quantitative estimate of drug-likeness (QED) is 0.633. The largest absolute Gasteiger partial charge is 0.497 e. The molecule has 0 saturated heterocycles. The normalized spacial score (nSPS) is 9.69. The van der Waals surface area contributed by atoms with Crippen molar-refractivity contribution in [3.8, 4) is 11.5 Å². The molecule has 0 amide bonds. The number of rotatable bonds is 4. The van der Waals surface area contributed by atoms with Gasteiger partial charge in [0.15, 0.2) is 0 Å². The Labute approximate surface area is 80.3 Å². The summed E-state index contributed by atoms with van der Waals surface area (Å²) in [5.41, 5.74) is 1.13. The van der Waals surface area contributed by atoms with Gasteiger partial charge in [-0.15, -0.1) is 0 Å². The zero-order valence-electron chi connectivity index (χ0n) is 8.46. The zero-order valence-corrected chi connectivity index (χ0v) is 8.46. The summed E-state index contributed by atoms with van der Waals surface area (Å²) in [5.74, 6) is 1.76. The van der Waals surface area contributed by atoms with Crippen LogP contribution >= 0.6 is 0 Å².